The summed E-state index contributed by atoms with van der Waals surface area (Å²) in [5.74, 6) is -0.833. The third-order valence-corrected chi connectivity index (χ3v) is 3.60. The summed E-state index contributed by atoms with van der Waals surface area (Å²) in [7, 11) is 0. The fraction of sp³-hybridized carbons (Fsp3) is 0.176. The van der Waals surface area contributed by atoms with E-state index in [1.165, 1.54) is 43.3 Å². The predicted molar refractivity (Wildman–Crippen MR) is 93.7 cm³/mol. The maximum Gasteiger partial charge on any atom is 0.387 e. The van der Waals surface area contributed by atoms with Crippen LogP contribution in [-0.2, 0) is 4.79 Å². The van der Waals surface area contributed by atoms with Crippen molar-refractivity contribution in [2.24, 2.45) is 0 Å². The van der Waals surface area contributed by atoms with E-state index in [1.54, 1.807) is 0 Å². The monoisotopic (exact) mass is 403 g/mol. The summed E-state index contributed by atoms with van der Waals surface area (Å²) in [5.41, 5.74) is 0.512. The fourth-order valence-electron chi connectivity index (χ4n) is 2.02. The van der Waals surface area contributed by atoms with Crippen LogP contribution in [0.4, 0.5) is 14.5 Å². The van der Waals surface area contributed by atoms with Crippen molar-refractivity contribution in [3.05, 3.63) is 52.0 Å². The first-order chi connectivity index (χ1) is 12.3. The first kappa shape index (κ1) is 19.9. The quantitative estimate of drug-likeness (QED) is 0.673. The number of ketones is 1. The highest BCUT2D eigenvalue weighted by atomic mass is 35.5. The molecule has 2 aromatic carbocycles. The third-order valence-electron chi connectivity index (χ3n) is 3.10. The van der Waals surface area contributed by atoms with Crippen LogP contribution in [0.15, 0.2) is 36.4 Å². The van der Waals surface area contributed by atoms with Crippen LogP contribution >= 0.6 is 23.2 Å². The second kappa shape index (κ2) is 8.82. The normalized spacial score (nSPS) is 10.5. The van der Waals surface area contributed by atoms with E-state index in [-0.39, 0.29) is 32.9 Å². The first-order valence-electron chi connectivity index (χ1n) is 7.23. The van der Waals surface area contributed by atoms with Crippen LogP contribution in [0.5, 0.6) is 11.5 Å². The van der Waals surface area contributed by atoms with Crippen LogP contribution in [0.1, 0.15) is 17.3 Å². The van der Waals surface area contributed by atoms with Gasteiger partial charge in [-0.1, -0.05) is 23.2 Å². The van der Waals surface area contributed by atoms with Gasteiger partial charge in [0, 0.05) is 10.7 Å². The van der Waals surface area contributed by atoms with Crippen molar-refractivity contribution >= 4 is 40.6 Å². The smallest absolute Gasteiger partial charge is 0.387 e. The highest BCUT2D eigenvalue weighted by molar-refractivity contribution is 6.36. The van der Waals surface area contributed by atoms with Crippen LogP contribution in [0.2, 0.25) is 10.0 Å². The zero-order valence-electron chi connectivity index (χ0n) is 13.4. The Kier molecular flexibility index (Phi) is 6.76. The van der Waals surface area contributed by atoms with Crippen LogP contribution in [-0.4, -0.2) is 24.9 Å². The lowest BCUT2D eigenvalue weighted by molar-refractivity contribution is -0.118. The average molecular weight is 404 g/mol. The summed E-state index contributed by atoms with van der Waals surface area (Å²) < 4.78 is 33.7. The van der Waals surface area contributed by atoms with E-state index in [0.717, 1.165) is 0 Å². The van der Waals surface area contributed by atoms with E-state index in [1.807, 2.05) is 0 Å². The number of ether oxygens (including phenoxy) is 2. The number of carbonyl (C=O) groups excluding carboxylic acids is 2. The molecular weight excluding hydrogens is 391 g/mol. The Balaban J connectivity index is 2.00. The van der Waals surface area contributed by atoms with Gasteiger partial charge in [0.1, 0.15) is 11.5 Å². The van der Waals surface area contributed by atoms with Gasteiger partial charge in [-0.15, -0.1) is 0 Å². The second-order valence-electron chi connectivity index (χ2n) is 5.06. The molecule has 5 nitrogen and oxygen atoms in total. The Hall–Kier alpha value is -2.38. The second-order valence-corrected chi connectivity index (χ2v) is 5.90. The number of carbonyl (C=O) groups is 2. The first-order valence-corrected chi connectivity index (χ1v) is 7.99. The standard InChI is InChI=1S/C17H13Cl2F2NO4/c1-9(23)13-6-10(18)7-14(19)16(13)25-8-15(24)22-11-2-4-12(5-3-11)26-17(20)21/h2-7,17H,8H2,1H3,(H,22,24). The Morgan fingerprint density at radius 2 is 1.81 bits per heavy atom. The Morgan fingerprint density at radius 1 is 1.15 bits per heavy atom. The molecule has 138 valence electrons. The Bertz CT molecular complexity index is 813. The van der Waals surface area contributed by atoms with Gasteiger partial charge < -0.3 is 14.8 Å². The number of nitrogens with one attached hydrogen (secondary N) is 1. The van der Waals surface area contributed by atoms with E-state index >= 15 is 0 Å². The van der Waals surface area contributed by atoms with Crippen LogP contribution in [0.25, 0.3) is 0 Å². The molecule has 0 fully saturated rings. The number of hydrogen-bond acceptors (Lipinski definition) is 4. The minimum absolute atomic E-state index is 0.0340. The molecule has 0 aromatic heterocycles. The average Bonchev–Trinajstić information content (AvgIpc) is 2.54. The number of anilines is 1. The van der Waals surface area contributed by atoms with Gasteiger partial charge in [0.05, 0.1) is 10.6 Å². The molecule has 0 radical (unpaired) electrons. The molecule has 1 N–H and O–H groups in total. The maximum absolute atomic E-state index is 12.1. The molecule has 9 heteroatoms. The van der Waals surface area contributed by atoms with Crippen LogP contribution in [0, 0.1) is 0 Å². The molecule has 0 saturated heterocycles. The maximum atomic E-state index is 12.1. The molecule has 2 rings (SSSR count). The molecular formula is C17H13Cl2F2NO4. The van der Waals surface area contributed by atoms with E-state index in [2.05, 4.69) is 10.1 Å². The van der Waals surface area contributed by atoms with Gasteiger partial charge in [-0.3, -0.25) is 9.59 Å². The Labute approximate surface area is 157 Å². The molecule has 0 aliphatic rings. The van der Waals surface area contributed by atoms with Gasteiger partial charge in [-0.25, -0.2) is 0 Å². The van der Waals surface area contributed by atoms with Crippen molar-refractivity contribution in [1.29, 1.82) is 0 Å². The molecule has 0 aliphatic heterocycles. The van der Waals surface area contributed by atoms with E-state index in [9.17, 15) is 18.4 Å². The highest BCUT2D eigenvalue weighted by Crippen LogP contribution is 2.32. The zero-order chi connectivity index (χ0) is 19.3. The molecule has 0 spiro atoms. The number of halogens is 4. The van der Waals surface area contributed by atoms with Crippen LogP contribution in [0.3, 0.4) is 0 Å². The number of hydrogen-bond donors (Lipinski definition) is 1. The van der Waals surface area contributed by atoms with Gasteiger partial charge in [-0.05, 0) is 43.3 Å². The molecule has 2 aromatic rings. The summed E-state index contributed by atoms with van der Waals surface area (Å²) in [5, 5.41) is 2.88. The summed E-state index contributed by atoms with van der Waals surface area (Å²) in [6, 6.07) is 8.14. The van der Waals surface area contributed by atoms with Crippen molar-refractivity contribution in [1.82, 2.24) is 0 Å². The molecule has 0 bridgehead atoms. The topological polar surface area (TPSA) is 64.6 Å². The molecule has 0 saturated carbocycles. The lowest BCUT2D eigenvalue weighted by Crippen LogP contribution is -2.21. The largest absolute Gasteiger partial charge is 0.481 e. The van der Waals surface area contributed by atoms with Gasteiger partial charge in [-0.2, -0.15) is 8.78 Å². The minimum Gasteiger partial charge on any atom is -0.481 e. The molecule has 0 atom stereocenters. The van der Waals surface area contributed by atoms with Gasteiger partial charge in [0.25, 0.3) is 5.91 Å². The van der Waals surface area contributed by atoms with Gasteiger partial charge >= 0.3 is 6.61 Å². The van der Waals surface area contributed by atoms with E-state index < -0.39 is 19.1 Å². The van der Waals surface area contributed by atoms with Crippen molar-refractivity contribution in [2.45, 2.75) is 13.5 Å². The molecule has 26 heavy (non-hydrogen) atoms. The van der Waals surface area contributed by atoms with Gasteiger partial charge in [0.15, 0.2) is 12.4 Å². The van der Waals surface area contributed by atoms with Crippen molar-refractivity contribution in [2.75, 3.05) is 11.9 Å². The summed E-state index contributed by atoms with van der Waals surface area (Å²) in [4.78, 5) is 23.6. The third kappa shape index (κ3) is 5.57. The van der Waals surface area contributed by atoms with Crippen molar-refractivity contribution in [3.63, 3.8) is 0 Å². The van der Waals surface area contributed by atoms with E-state index in [0.29, 0.717) is 5.69 Å². The van der Waals surface area contributed by atoms with Crippen molar-refractivity contribution < 1.29 is 27.8 Å². The minimum atomic E-state index is -2.93. The SMILES string of the molecule is CC(=O)c1cc(Cl)cc(Cl)c1OCC(=O)Nc1ccc(OC(F)F)cc1. The molecule has 0 aliphatic carbocycles. The summed E-state index contributed by atoms with van der Waals surface area (Å²) in [6.07, 6.45) is 0. The lowest BCUT2D eigenvalue weighted by Gasteiger charge is -2.12. The summed E-state index contributed by atoms with van der Waals surface area (Å²) >= 11 is 11.9. The fourth-order valence-corrected chi connectivity index (χ4v) is 2.57. The number of benzene rings is 2. The zero-order valence-corrected chi connectivity index (χ0v) is 14.9. The Morgan fingerprint density at radius 3 is 2.38 bits per heavy atom. The molecule has 1 amide bonds. The molecule has 0 heterocycles. The predicted octanol–water partition coefficient (Wildman–Crippen LogP) is 4.81. The van der Waals surface area contributed by atoms with E-state index in [4.69, 9.17) is 27.9 Å². The summed E-state index contributed by atoms with van der Waals surface area (Å²) in [6.45, 7) is -2.03. The number of amides is 1. The number of alkyl halides is 2. The highest BCUT2D eigenvalue weighted by Gasteiger charge is 2.16. The molecule has 0 unspecified atom stereocenters. The van der Waals surface area contributed by atoms with Crippen molar-refractivity contribution in [3.8, 4) is 11.5 Å². The number of Topliss-reactive ketones (excluding diaryl/α,β-unsaturated/α-hetero) is 1. The number of rotatable bonds is 7. The lowest BCUT2D eigenvalue weighted by atomic mass is 10.1. The van der Waals surface area contributed by atoms with Gasteiger partial charge in [0.2, 0.25) is 0 Å². The van der Waals surface area contributed by atoms with Crippen LogP contribution < -0.4 is 14.8 Å².